The largest absolute Gasteiger partial charge is 0.494 e. The molecule has 382 valence electrons. The number of hydrogen-bond donors (Lipinski definition) is 4. The Morgan fingerprint density at radius 3 is 2.53 bits per heavy atom. The van der Waals surface area contributed by atoms with Gasteiger partial charge < -0.3 is 50.0 Å². The smallest absolute Gasteiger partial charge is 0.255 e. The lowest BCUT2D eigenvalue weighted by Crippen LogP contribution is -2.55. The normalized spacial score (nSPS) is 16.8. The van der Waals surface area contributed by atoms with E-state index in [9.17, 15) is 24.3 Å². The van der Waals surface area contributed by atoms with E-state index in [1.807, 2.05) is 93.4 Å². The van der Waals surface area contributed by atoms with Crippen LogP contribution in [0.5, 0.6) is 11.5 Å². The number of anilines is 3. The molecule has 1 unspecified atom stereocenters. The number of aliphatic hydroxyl groups excluding tert-OH is 1. The van der Waals surface area contributed by atoms with E-state index in [0.717, 1.165) is 63.1 Å². The number of benzene rings is 3. The Balaban J connectivity index is 0.778. The van der Waals surface area contributed by atoms with E-state index in [0.29, 0.717) is 74.7 Å². The van der Waals surface area contributed by atoms with Crippen molar-refractivity contribution in [1.29, 1.82) is 0 Å². The number of likely N-dealkylation sites (tertiary alicyclic amines) is 1. The molecule has 17 nitrogen and oxygen atoms in total. The van der Waals surface area contributed by atoms with Crippen LogP contribution in [0.3, 0.4) is 0 Å². The zero-order valence-corrected chi connectivity index (χ0v) is 43.7. The Kier molecular flexibility index (Phi) is 17.8. The molecular formula is C53H64BrN9O8S. The van der Waals surface area contributed by atoms with Crippen molar-refractivity contribution < 1.29 is 38.5 Å². The Hall–Kier alpha value is -6.15. The number of carbonyl (C=O) groups excluding carboxylic acids is 4. The maximum atomic E-state index is 14.3. The summed E-state index contributed by atoms with van der Waals surface area (Å²) < 4.78 is 18.9. The van der Waals surface area contributed by atoms with Gasteiger partial charge in [0, 0.05) is 88.1 Å². The molecule has 1 saturated heterocycles. The van der Waals surface area contributed by atoms with Gasteiger partial charge in [0.1, 0.15) is 36.0 Å². The Morgan fingerprint density at radius 2 is 1.79 bits per heavy atom. The van der Waals surface area contributed by atoms with Crippen LogP contribution in [0.4, 0.5) is 17.5 Å². The molecule has 72 heavy (non-hydrogen) atoms. The number of halogens is 1. The van der Waals surface area contributed by atoms with Crippen molar-refractivity contribution in [1.82, 2.24) is 35.0 Å². The molecule has 4 N–H and O–H groups in total. The number of β-amino-alcohol motifs (C(OH)–C–C–N with tert-alkyl or cyclic N) is 1. The average molecular weight is 1070 g/mol. The quantitative estimate of drug-likeness (QED) is 0.0441. The van der Waals surface area contributed by atoms with Gasteiger partial charge in [-0.15, -0.1) is 11.3 Å². The van der Waals surface area contributed by atoms with Gasteiger partial charge in [-0.1, -0.05) is 50.6 Å². The second kappa shape index (κ2) is 24.5. The molecule has 4 amide bonds. The molecule has 2 fully saturated rings. The van der Waals surface area contributed by atoms with E-state index in [1.54, 1.807) is 22.7 Å². The van der Waals surface area contributed by atoms with Crippen LogP contribution in [-0.2, 0) is 32.2 Å². The highest BCUT2D eigenvalue weighted by Gasteiger charge is 2.46. The number of hydrogen-bond acceptors (Lipinski definition) is 14. The highest BCUT2D eigenvalue weighted by Crippen LogP contribution is 2.34. The molecular weight excluding hydrogens is 1000 g/mol. The number of carbonyl (C=O) groups is 4. The highest BCUT2D eigenvalue weighted by atomic mass is 79.9. The third-order valence-electron chi connectivity index (χ3n) is 13.3. The van der Waals surface area contributed by atoms with Crippen molar-refractivity contribution in [2.45, 2.75) is 90.6 Å². The Bertz CT molecular complexity index is 2680. The topological polar surface area (TPSA) is 201 Å². The monoisotopic (exact) mass is 1070 g/mol. The van der Waals surface area contributed by atoms with Gasteiger partial charge in [-0.05, 0) is 95.6 Å². The molecule has 2 aliphatic heterocycles. The standard InChI is InChI=1S/C53H64BrN9O8S/c1-33(2)46(63-30-38-10-5-6-13-42(38)51(63)67)52(68)62-31-40(64)27-44(62)49(65)56-28-37-15-14-36(47-34(3)58-32-72-47)26-45(37)71-25-24-69-22-9-23-70-41-18-16-39(17-19-41)59-53-57-29-43(54)48(60-53)55-20-8-21-61(4)50(66)35-11-7-12-35/h5-6,10,13-19,26,29,32-33,35,40,44,46,64H,7-9,11-12,20-25,27-28,30-31H2,1-4H3,(H,56,65)(H2,55,57,59,60)/t40-,44+,46?/m1/s1. The lowest BCUT2D eigenvalue weighted by molar-refractivity contribution is -0.143. The second-order valence-corrected chi connectivity index (χ2v) is 20.6. The summed E-state index contributed by atoms with van der Waals surface area (Å²) in [6.07, 6.45) is 5.52. The molecule has 0 spiro atoms. The first-order chi connectivity index (χ1) is 34.8. The van der Waals surface area contributed by atoms with Crippen molar-refractivity contribution in [3.05, 3.63) is 105 Å². The number of nitrogens with zero attached hydrogens (tertiary/aromatic N) is 6. The number of thiazole rings is 1. The third-order valence-corrected chi connectivity index (χ3v) is 14.9. The fourth-order valence-electron chi connectivity index (χ4n) is 9.19. The van der Waals surface area contributed by atoms with Gasteiger partial charge >= 0.3 is 0 Å². The van der Waals surface area contributed by atoms with Crippen molar-refractivity contribution >= 4 is 68.3 Å². The number of amides is 4. The van der Waals surface area contributed by atoms with Crippen LogP contribution < -0.4 is 25.4 Å². The molecule has 5 aromatic rings. The van der Waals surface area contributed by atoms with Gasteiger partial charge in [-0.3, -0.25) is 19.2 Å². The SMILES string of the molecule is Cc1ncsc1-c1ccc(CNC(=O)[C@@H]2C[C@@H](O)CN2C(=O)C(C(C)C)N2Cc3ccccc3C2=O)c(OCCOCCCOc2ccc(Nc3ncc(Br)c(NCCCN(C)C(=O)C4CCC4)n3)cc2)c1. The molecule has 0 radical (unpaired) electrons. The summed E-state index contributed by atoms with van der Waals surface area (Å²) in [6.45, 7) is 9.00. The predicted octanol–water partition coefficient (Wildman–Crippen LogP) is 7.60. The fraction of sp³-hybridized carbons (Fsp3) is 0.453. The molecule has 4 heterocycles. The van der Waals surface area contributed by atoms with E-state index in [1.165, 1.54) is 16.2 Å². The maximum Gasteiger partial charge on any atom is 0.255 e. The molecule has 2 aromatic heterocycles. The minimum absolute atomic E-state index is 0.000599. The molecule has 3 atom stereocenters. The van der Waals surface area contributed by atoms with Crippen molar-refractivity contribution in [3.8, 4) is 21.9 Å². The van der Waals surface area contributed by atoms with Gasteiger partial charge in [0.15, 0.2) is 0 Å². The lowest BCUT2D eigenvalue weighted by Gasteiger charge is -2.35. The minimum Gasteiger partial charge on any atom is -0.494 e. The molecule has 8 rings (SSSR count). The first kappa shape index (κ1) is 52.2. The van der Waals surface area contributed by atoms with Crippen LogP contribution in [0.15, 0.2) is 82.9 Å². The summed E-state index contributed by atoms with van der Waals surface area (Å²) >= 11 is 5.06. The van der Waals surface area contributed by atoms with Gasteiger partial charge in [-0.25, -0.2) is 9.97 Å². The Labute approximate surface area is 433 Å². The number of nitrogens with one attached hydrogen (secondary N) is 3. The zero-order chi connectivity index (χ0) is 50.7. The van der Waals surface area contributed by atoms with E-state index < -0.39 is 24.1 Å². The van der Waals surface area contributed by atoms with Crippen molar-refractivity contribution in [3.63, 3.8) is 0 Å². The predicted molar refractivity (Wildman–Crippen MR) is 279 cm³/mol. The minimum atomic E-state index is -0.911. The molecule has 0 bridgehead atoms. The van der Waals surface area contributed by atoms with Gasteiger partial charge in [-0.2, -0.15) is 4.98 Å². The van der Waals surface area contributed by atoms with Crippen molar-refractivity contribution in [2.24, 2.45) is 11.8 Å². The van der Waals surface area contributed by atoms with Crippen LogP contribution in [-0.4, -0.2) is 130 Å². The first-order valence-corrected chi connectivity index (χ1v) is 26.4. The van der Waals surface area contributed by atoms with E-state index >= 15 is 0 Å². The number of rotatable bonds is 24. The number of fused-ring (bicyclic) bond motifs is 1. The number of ether oxygens (including phenoxy) is 3. The van der Waals surface area contributed by atoms with Gasteiger partial charge in [0.05, 0.1) is 39.9 Å². The first-order valence-electron chi connectivity index (χ1n) is 24.7. The summed E-state index contributed by atoms with van der Waals surface area (Å²) in [5.41, 5.74) is 6.61. The molecule has 19 heteroatoms. The number of aryl methyl sites for hydroxylation is 1. The molecule has 3 aromatic carbocycles. The van der Waals surface area contributed by atoms with Gasteiger partial charge in [0.2, 0.25) is 23.7 Å². The van der Waals surface area contributed by atoms with Gasteiger partial charge in [0.25, 0.3) is 5.91 Å². The highest BCUT2D eigenvalue weighted by molar-refractivity contribution is 9.10. The third kappa shape index (κ3) is 12.9. The van der Waals surface area contributed by atoms with E-state index in [-0.39, 0.29) is 55.7 Å². The van der Waals surface area contributed by atoms with E-state index in [2.05, 4.69) is 46.8 Å². The van der Waals surface area contributed by atoms with E-state index in [4.69, 9.17) is 14.2 Å². The summed E-state index contributed by atoms with van der Waals surface area (Å²) in [4.78, 5) is 73.4. The summed E-state index contributed by atoms with van der Waals surface area (Å²) in [5, 5.41) is 20.4. The lowest BCUT2D eigenvalue weighted by atomic mass is 9.84. The van der Waals surface area contributed by atoms with Crippen LogP contribution in [0.25, 0.3) is 10.4 Å². The number of aliphatic hydroxyl groups is 1. The molecule has 1 aliphatic carbocycles. The zero-order valence-electron chi connectivity index (χ0n) is 41.3. The average Bonchev–Trinajstić information content (AvgIpc) is 4.07. The second-order valence-electron chi connectivity index (χ2n) is 18.9. The molecule has 1 saturated carbocycles. The molecule has 3 aliphatic rings. The van der Waals surface area contributed by atoms with Crippen LogP contribution in [0, 0.1) is 18.8 Å². The summed E-state index contributed by atoms with van der Waals surface area (Å²) in [5.74, 6) is 1.67. The Morgan fingerprint density at radius 1 is 0.986 bits per heavy atom. The summed E-state index contributed by atoms with van der Waals surface area (Å²) in [6, 6.07) is 19.0. The number of aromatic nitrogens is 3. The summed E-state index contributed by atoms with van der Waals surface area (Å²) in [7, 11) is 1.88. The van der Waals surface area contributed by atoms with Crippen molar-refractivity contribution in [2.75, 3.05) is 63.7 Å². The van der Waals surface area contributed by atoms with Crippen LogP contribution in [0.1, 0.15) is 79.6 Å². The van der Waals surface area contributed by atoms with Crippen LogP contribution in [0.2, 0.25) is 0 Å². The maximum absolute atomic E-state index is 14.3. The fourth-order valence-corrected chi connectivity index (χ4v) is 10.3. The van der Waals surface area contributed by atoms with Crippen LogP contribution >= 0.6 is 27.3 Å².